The number of nitro groups is 1. The number of likely N-dealkylation sites (tertiary alicyclic amines) is 1. The number of hydrogen-bond acceptors (Lipinski definition) is 7. The lowest BCUT2D eigenvalue weighted by atomic mass is 10.2. The van der Waals surface area contributed by atoms with Crippen molar-refractivity contribution in [2.75, 3.05) is 44.5 Å². The Morgan fingerprint density at radius 2 is 2.33 bits per heavy atom. The predicted molar refractivity (Wildman–Crippen MR) is 90.7 cm³/mol. The van der Waals surface area contributed by atoms with Crippen LogP contribution in [-0.4, -0.2) is 61.1 Å². The van der Waals surface area contributed by atoms with Crippen LogP contribution in [0, 0.1) is 10.1 Å². The Morgan fingerprint density at radius 3 is 2.83 bits per heavy atom. The number of nitrogens with one attached hydrogen (secondary N) is 1. The number of carbonyl (C=O) groups excluding carboxylic acids is 1. The van der Waals surface area contributed by atoms with E-state index in [0.717, 1.165) is 19.4 Å². The van der Waals surface area contributed by atoms with Crippen LogP contribution in [0.1, 0.15) is 19.8 Å². The molecule has 0 radical (unpaired) electrons. The van der Waals surface area contributed by atoms with Crippen molar-refractivity contribution in [3.63, 3.8) is 0 Å². The molecular weight excluding hydrogens is 314 g/mol. The Bertz CT molecular complexity index is 637. The largest absolute Gasteiger partial charge is 0.479 e. The van der Waals surface area contributed by atoms with Crippen molar-refractivity contribution in [1.29, 1.82) is 0 Å². The van der Waals surface area contributed by atoms with Crippen LogP contribution in [0.15, 0.2) is 6.07 Å². The molecule has 0 aliphatic carbocycles. The fraction of sp³-hybridized carbons (Fsp3) is 0.600. The third-order valence-electron chi connectivity index (χ3n) is 4.17. The molecule has 1 saturated heterocycles. The molecule has 1 aromatic rings. The summed E-state index contributed by atoms with van der Waals surface area (Å²) in [6.07, 6.45) is 2.17. The summed E-state index contributed by atoms with van der Waals surface area (Å²) < 4.78 is 5.18. The number of hydrogen-bond donors (Lipinski definition) is 1. The van der Waals surface area contributed by atoms with Gasteiger partial charge in [-0.1, -0.05) is 0 Å². The Morgan fingerprint density at radius 1 is 1.62 bits per heavy atom. The van der Waals surface area contributed by atoms with E-state index < -0.39 is 4.92 Å². The lowest BCUT2D eigenvalue weighted by Crippen LogP contribution is -2.37. The summed E-state index contributed by atoms with van der Waals surface area (Å²) in [5.74, 6) is 0.0294. The fourth-order valence-electron chi connectivity index (χ4n) is 2.94. The number of pyridine rings is 1. The Balaban J connectivity index is 2.36. The second-order valence-corrected chi connectivity index (χ2v) is 5.98. The number of rotatable bonds is 6. The summed E-state index contributed by atoms with van der Waals surface area (Å²) in [6.45, 7) is 2.98. The average molecular weight is 337 g/mol. The summed E-state index contributed by atoms with van der Waals surface area (Å²) in [7, 11) is 5.24. The molecule has 0 bridgehead atoms. The lowest BCUT2D eigenvalue weighted by molar-refractivity contribution is -0.384. The van der Waals surface area contributed by atoms with Crippen molar-refractivity contribution in [3.05, 3.63) is 16.2 Å². The standard InChI is InChI=1S/C15H23N5O4/c1-10(21)16-12-8-13(20(22)23)14(17-15(12)24-4)19(3)9-11-6-5-7-18(11)2/h8,11H,5-7,9H2,1-4H3,(H,16,21)/t11-/m0/s1. The minimum atomic E-state index is -0.498. The summed E-state index contributed by atoms with van der Waals surface area (Å²) >= 11 is 0. The number of carbonyl (C=O) groups is 1. The molecule has 0 unspecified atom stereocenters. The Kier molecular flexibility index (Phi) is 5.55. The molecule has 0 saturated carbocycles. The highest BCUT2D eigenvalue weighted by molar-refractivity contribution is 5.91. The number of likely N-dealkylation sites (N-methyl/N-ethyl adjacent to an activating group) is 2. The van der Waals surface area contributed by atoms with Crippen LogP contribution in [0.4, 0.5) is 17.2 Å². The maximum atomic E-state index is 11.4. The van der Waals surface area contributed by atoms with Crippen molar-refractivity contribution in [2.24, 2.45) is 0 Å². The van der Waals surface area contributed by atoms with Gasteiger partial charge in [0.05, 0.1) is 12.0 Å². The van der Waals surface area contributed by atoms with Gasteiger partial charge in [-0.2, -0.15) is 4.98 Å². The summed E-state index contributed by atoms with van der Waals surface area (Å²) in [4.78, 5) is 30.5. The molecule has 2 rings (SSSR count). The van der Waals surface area contributed by atoms with Crippen molar-refractivity contribution in [1.82, 2.24) is 9.88 Å². The van der Waals surface area contributed by atoms with E-state index in [0.29, 0.717) is 12.6 Å². The molecule has 1 N–H and O–H groups in total. The van der Waals surface area contributed by atoms with E-state index in [1.54, 1.807) is 11.9 Å². The first-order chi connectivity index (χ1) is 11.3. The van der Waals surface area contributed by atoms with E-state index in [-0.39, 0.29) is 29.0 Å². The molecule has 1 aliphatic rings. The molecule has 9 nitrogen and oxygen atoms in total. The summed E-state index contributed by atoms with van der Waals surface area (Å²) in [6, 6.07) is 1.62. The second-order valence-electron chi connectivity index (χ2n) is 5.98. The minimum absolute atomic E-state index is 0.150. The molecule has 2 heterocycles. The maximum absolute atomic E-state index is 11.4. The lowest BCUT2D eigenvalue weighted by Gasteiger charge is -2.26. The van der Waals surface area contributed by atoms with Crippen molar-refractivity contribution in [2.45, 2.75) is 25.8 Å². The smallest absolute Gasteiger partial charge is 0.313 e. The number of anilines is 2. The zero-order valence-corrected chi connectivity index (χ0v) is 14.4. The van der Waals surface area contributed by atoms with E-state index in [1.807, 2.05) is 7.05 Å². The van der Waals surface area contributed by atoms with E-state index >= 15 is 0 Å². The molecule has 24 heavy (non-hydrogen) atoms. The van der Waals surface area contributed by atoms with Crippen LogP contribution in [0.25, 0.3) is 0 Å². The van der Waals surface area contributed by atoms with Gasteiger partial charge in [0.25, 0.3) is 0 Å². The van der Waals surface area contributed by atoms with Gasteiger partial charge < -0.3 is 19.9 Å². The first-order valence-electron chi connectivity index (χ1n) is 7.76. The molecule has 9 heteroatoms. The molecule has 132 valence electrons. The third kappa shape index (κ3) is 3.91. The average Bonchev–Trinajstić information content (AvgIpc) is 2.91. The Labute approximate surface area is 140 Å². The fourth-order valence-corrected chi connectivity index (χ4v) is 2.94. The quantitative estimate of drug-likeness (QED) is 0.620. The van der Waals surface area contributed by atoms with Gasteiger partial charge in [0.2, 0.25) is 17.6 Å². The van der Waals surface area contributed by atoms with Crippen molar-refractivity contribution < 1.29 is 14.5 Å². The van der Waals surface area contributed by atoms with Gasteiger partial charge in [-0.3, -0.25) is 14.9 Å². The first-order valence-corrected chi connectivity index (χ1v) is 7.76. The van der Waals surface area contributed by atoms with Crippen molar-refractivity contribution in [3.8, 4) is 5.88 Å². The molecule has 1 aromatic heterocycles. The molecule has 1 fully saturated rings. The second kappa shape index (κ2) is 7.43. The SMILES string of the molecule is COc1nc(N(C)C[C@@H]2CCCN2C)c([N+](=O)[O-])cc1NC(C)=O. The third-order valence-corrected chi connectivity index (χ3v) is 4.17. The van der Waals surface area contributed by atoms with Gasteiger partial charge in [0.15, 0.2) is 0 Å². The van der Waals surface area contributed by atoms with Gasteiger partial charge in [-0.05, 0) is 26.4 Å². The van der Waals surface area contributed by atoms with Crippen LogP contribution in [0.3, 0.4) is 0 Å². The van der Waals surface area contributed by atoms with Crippen LogP contribution in [-0.2, 0) is 4.79 Å². The molecule has 0 spiro atoms. The van der Waals surface area contributed by atoms with Crippen LogP contribution >= 0.6 is 0 Å². The van der Waals surface area contributed by atoms with Crippen LogP contribution in [0.2, 0.25) is 0 Å². The Hall–Kier alpha value is -2.42. The molecular formula is C15H23N5O4. The molecule has 1 amide bonds. The number of nitrogens with zero attached hydrogens (tertiary/aromatic N) is 4. The summed E-state index contributed by atoms with van der Waals surface area (Å²) in [5.41, 5.74) is 0.0227. The molecule has 1 aliphatic heterocycles. The maximum Gasteiger partial charge on any atom is 0.313 e. The zero-order chi connectivity index (χ0) is 17.9. The molecule has 0 aromatic carbocycles. The van der Waals surface area contributed by atoms with Gasteiger partial charge >= 0.3 is 5.69 Å². The topological polar surface area (TPSA) is 101 Å². The van der Waals surface area contributed by atoms with E-state index in [1.165, 1.54) is 20.1 Å². The van der Waals surface area contributed by atoms with Gasteiger partial charge in [0, 0.05) is 32.6 Å². The van der Waals surface area contributed by atoms with Crippen molar-refractivity contribution >= 4 is 23.1 Å². The van der Waals surface area contributed by atoms with Crippen LogP contribution in [0.5, 0.6) is 5.88 Å². The minimum Gasteiger partial charge on any atom is -0.479 e. The van der Waals surface area contributed by atoms with Gasteiger partial charge in [0.1, 0.15) is 5.69 Å². The first kappa shape index (κ1) is 17.9. The van der Waals surface area contributed by atoms with Gasteiger partial charge in [-0.25, -0.2) is 0 Å². The zero-order valence-electron chi connectivity index (χ0n) is 14.4. The van der Waals surface area contributed by atoms with E-state index in [4.69, 9.17) is 4.74 Å². The number of ether oxygens (including phenoxy) is 1. The highest BCUT2D eigenvalue weighted by Gasteiger charge is 2.28. The molecule has 1 atom stereocenters. The number of aromatic nitrogens is 1. The number of methoxy groups -OCH3 is 1. The predicted octanol–water partition coefficient (Wildman–Crippen LogP) is 1.49. The highest BCUT2D eigenvalue weighted by atomic mass is 16.6. The summed E-state index contributed by atoms with van der Waals surface area (Å²) in [5, 5.41) is 13.9. The highest BCUT2D eigenvalue weighted by Crippen LogP contribution is 2.35. The monoisotopic (exact) mass is 337 g/mol. The normalized spacial score (nSPS) is 17.6. The van der Waals surface area contributed by atoms with E-state index in [2.05, 4.69) is 15.2 Å². The van der Waals surface area contributed by atoms with E-state index in [9.17, 15) is 14.9 Å². The van der Waals surface area contributed by atoms with Gasteiger partial charge in [-0.15, -0.1) is 0 Å². The number of amides is 1. The van der Waals surface area contributed by atoms with Crippen LogP contribution < -0.4 is 15.0 Å².